The summed E-state index contributed by atoms with van der Waals surface area (Å²) >= 11 is 0. The van der Waals surface area contributed by atoms with Gasteiger partial charge in [0, 0.05) is 30.0 Å². The molecule has 4 rings (SSSR count). The van der Waals surface area contributed by atoms with Crippen molar-refractivity contribution in [1.82, 2.24) is 0 Å². The molecule has 120 valence electrons. The van der Waals surface area contributed by atoms with Crippen LogP contribution in [0, 0.1) is 0 Å². The fraction of sp³-hybridized carbons (Fsp3) is 0.158. The lowest BCUT2D eigenvalue weighted by Crippen LogP contribution is -2.50. The molecule has 1 heterocycles. The highest BCUT2D eigenvalue weighted by molar-refractivity contribution is 6.27. The Morgan fingerprint density at radius 3 is 2.58 bits per heavy atom. The van der Waals surface area contributed by atoms with Crippen molar-refractivity contribution in [3.05, 3.63) is 65.2 Å². The van der Waals surface area contributed by atoms with E-state index >= 15 is 0 Å². The number of ketones is 1. The molecule has 1 unspecified atom stereocenters. The summed E-state index contributed by atoms with van der Waals surface area (Å²) in [6, 6.07) is 12.4. The Morgan fingerprint density at radius 1 is 1.04 bits per heavy atom. The van der Waals surface area contributed by atoms with Crippen LogP contribution in [0.4, 0.5) is 11.4 Å². The molecule has 5 heteroatoms. The predicted octanol–water partition coefficient (Wildman–Crippen LogP) is 2.30. The van der Waals surface area contributed by atoms with Crippen LogP contribution in [0.1, 0.15) is 26.3 Å². The molecule has 2 aromatic carbocycles. The minimum Gasteiger partial charge on any atom is -0.383 e. The van der Waals surface area contributed by atoms with Gasteiger partial charge in [0.1, 0.15) is 6.04 Å². The summed E-state index contributed by atoms with van der Waals surface area (Å²) in [4.78, 5) is 27.7. The van der Waals surface area contributed by atoms with Crippen LogP contribution in [0.2, 0.25) is 0 Å². The lowest BCUT2D eigenvalue weighted by atomic mass is 9.83. The molecule has 3 N–H and O–H groups in total. The van der Waals surface area contributed by atoms with E-state index < -0.39 is 6.04 Å². The first-order chi connectivity index (χ1) is 11.7. The van der Waals surface area contributed by atoms with Crippen LogP contribution in [0.3, 0.4) is 0 Å². The monoisotopic (exact) mass is 319 g/mol. The number of rotatable bonds is 4. The summed E-state index contributed by atoms with van der Waals surface area (Å²) in [5.41, 5.74) is 8.69. The molecule has 1 aliphatic carbocycles. The molecule has 2 aromatic rings. The predicted molar refractivity (Wildman–Crippen MR) is 94.4 cm³/mol. The third kappa shape index (κ3) is 2.06. The number of carbonyl (C=O) groups is 2. The molecule has 0 fully saturated rings. The maximum atomic E-state index is 13.2. The minimum atomic E-state index is -0.579. The molecule has 0 aromatic heterocycles. The van der Waals surface area contributed by atoms with Crippen LogP contribution in [-0.2, 0) is 0 Å². The molecular formula is C19H17N3O2. The zero-order valence-electron chi connectivity index (χ0n) is 13.0. The van der Waals surface area contributed by atoms with Crippen molar-refractivity contribution in [3.8, 4) is 0 Å². The summed E-state index contributed by atoms with van der Waals surface area (Å²) in [5.74, 6) is -0.200. The molecule has 24 heavy (non-hydrogen) atoms. The van der Waals surface area contributed by atoms with E-state index in [1.54, 1.807) is 11.0 Å². The number of hydrogen-bond acceptors (Lipinski definition) is 4. The van der Waals surface area contributed by atoms with E-state index in [2.05, 4.69) is 5.32 Å². The van der Waals surface area contributed by atoms with Crippen LogP contribution >= 0.6 is 0 Å². The van der Waals surface area contributed by atoms with E-state index in [-0.39, 0.29) is 11.7 Å². The van der Waals surface area contributed by atoms with Crippen LogP contribution < -0.4 is 16.0 Å². The third-order valence-electron chi connectivity index (χ3n) is 4.42. The van der Waals surface area contributed by atoms with Crippen LogP contribution in [-0.4, -0.2) is 30.8 Å². The van der Waals surface area contributed by atoms with E-state index in [1.165, 1.54) is 0 Å². The summed E-state index contributed by atoms with van der Waals surface area (Å²) in [6.07, 6.45) is 3.71. The molecule has 0 saturated carbocycles. The van der Waals surface area contributed by atoms with Gasteiger partial charge in [0.25, 0.3) is 5.91 Å². The number of anilines is 2. The van der Waals surface area contributed by atoms with E-state index in [4.69, 9.17) is 5.73 Å². The SMILES string of the molecule is NCCNc1ccc2c3c1C(=O)N(c1ccccc1)C(C=C2)C3=O. The van der Waals surface area contributed by atoms with Crippen molar-refractivity contribution in [1.29, 1.82) is 0 Å². The van der Waals surface area contributed by atoms with Gasteiger partial charge in [-0.25, -0.2) is 0 Å². The van der Waals surface area contributed by atoms with Gasteiger partial charge < -0.3 is 11.1 Å². The number of Topliss-reactive ketones (excluding diaryl/α,β-unsaturated/α-hetero) is 1. The molecule has 0 radical (unpaired) electrons. The zero-order valence-corrected chi connectivity index (χ0v) is 13.0. The first-order valence-corrected chi connectivity index (χ1v) is 7.94. The van der Waals surface area contributed by atoms with Crippen molar-refractivity contribution >= 4 is 29.1 Å². The molecule has 0 saturated heterocycles. The first kappa shape index (κ1) is 14.7. The van der Waals surface area contributed by atoms with E-state index in [0.717, 1.165) is 5.56 Å². The van der Waals surface area contributed by atoms with E-state index in [9.17, 15) is 9.59 Å². The van der Waals surface area contributed by atoms with Gasteiger partial charge in [-0.2, -0.15) is 0 Å². The van der Waals surface area contributed by atoms with E-state index in [0.29, 0.717) is 35.6 Å². The first-order valence-electron chi connectivity index (χ1n) is 7.94. The number of carbonyl (C=O) groups excluding carboxylic acids is 2. The number of benzene rings is 2. The maximum absolute atomic E-state index is 13.2. The van der Waals surface area contributed by atoms with Crippen LogP contribution in [0.25, 0.3) is 6.08 Å². The zero-order chi connectivity index (χ0) is 16.7. The fourth-order valence-electron chi connectivity index (χ4n) is 3.35. The number of nitrogens with zero attached hydrogens (tertiary/aromatic N) is 1. The molecular weight excluding hydrogens is 302 g/mol. The van der Waals surface area contributed by atoms with Crippen molar-refractivity contribution in [2.75, 3.05) is 23.3 Å². The number of para-hydroxylation sites is 1. The van der Waals surface area contributed by atoms with Crippen LogP contribution in [0.5, 0.6) is 0 Å². The Kier molecular flexibility index (Phi) is 3.43. The summed E-state index contributed by atoms with van der Waals surface area (Å²) in [7, 11) is 0. The molecule has 1 aliphatic heterocycles. The highest BCUT2D eigenvalue weighted by Crippen LogP contribution is 2.38. The lowest BCUT2D eigenvalue weighted by Gasteiger charge is -2.37. The van der Waals surface area contributed by atoms with Gasteiger partial charge in [-0.15, -0.1) is 0 Å². The quantitative estimate of drug-likeness (QED) is 0.907. The average Bonchev–Trinajstić information content (AvgIpc) is 2.61. The van der Waals surface area contributed by atoms with Crippen molar-refractivity contribution in [3.63, 3.8) is 0 Å². The Hall–Kier alpha value is -2.92. The highest BCUT2D eigenvalue weighted by atomic mass is 16.2. The molecule has 1 amide bonds. The topological polar surface area (TPSA) is 75.4 Å². The average molecular weight is 319 g/mol. The molecule has 2 aliphatic rings. The maximum Gasteiger partial charge on any atom is 0.262 e. The number of nitrogens with two attached hydrogens (primary N) is 1. The Balaban J connectivity index is 1.91. The van der Waals surface area contributed by atoms with Gasteiger partial charge in [-0.1, -0.05) is 36.4 Å². The lowest BCUT2D eigenvalue weighted by molar-refractivity contribution is 0.0885. The van der Waals surface area contributed by atoms with Gasteiger partial charge in [0.2, 0.25) is 0 Å². The van der Waals surface area contributed by atoms with Gasteiger partial charge in [0.15, 0.2) is 5.78 Å². The van der Waals surface area contributed by atoms with Gasteiger partial charge in [-0.05, 0) is 23.8 Å². The minimum absolute atomic E-state index is 0.0395. The number of fused-ring (bicyclic) bond motifs is 1. The molecule has 5 nitrogen and oxygen atoms in total. The van der Waals surface area contributed by atoms with E-state index in [1.807, 2.05) is 48.5 Å². The van der Waals surface area contributed by atoms with Crippen molar-refractivity contribution in [2.45, 2.75) is 6.04 Å². The summed E-state index contributed by atoms with van der Waals surface area (Å²) in [5, 5.41) is 3.16. The fourth-order valence-corrected chi connectivity index (χ4v) is 3.35. The third-order valence-corrected chi connectivity index (χ3v) is 4.42. The normalized spacial score (nSPS) is 18.0. The second-order valence-electron chi connectivity index (χ2n) is 5.85. The molecule has 0 spiro atoms. The highest BCUT2D eigenvalue weighted by Gasteiger charge is 2.42. The summed E-state index contributed by atoms with van der Waals surface area (Å²) < 4.78 is 0. The van der Waals surface area contributed by atoms with Gasteiger partial charge in [-0.3, -0.25) is 14.5 Å². The summed E-state index contributed by atoms with van der Waals surface area (Å²) in [6.45, 7) is 0.988. The Labute approximate surface area is 139 Å². The second-order valence-corrected chi connectivity index (χ2v) is 5.85. The Morgan fingerprint density at radius 2 is 1.83 bits per heavy atom. The number of amides is 1. The van der Waals surface area contributed by atoms with Gasteiger partial charge in [0.05, 0.1) is 5.56 Å². The second kappa shape index (κ2) is 5.62. The molecule has 2 bridgehead atoms. The number of hydrogen-bond donors (Lipinski definition) is 2. The number of nitrogens with one attached hydrogen (secondary N) is 1. The standard InChI is InChI=1S/C19H17N3O2/c20-10-11-21-14-8-6-12-7-9-15-18(23)16(12)17(14)19(24)22(15)13-4-2-1-3-5-13/h1-9,15,21H,10-11,20H2. The molecule has 1 atom stereocenters. The van der Waals surface area contributed by atoms with Crippen molar-refractivity contribution in [2.24, 2.45) is 5.73 Å². The Bertz CT molecular complexity index is 858. The van der Waals surface area contributed by atoms with Crippen molar-refractivity contribution < 1.29 is 9.59 Å². The smallest absolute Gasteiger partial charge is 0.262 e. The van der Waals surface area contributed by atoms with Crippen LogP contribution in [0.15, 0.2) is 48.5 Å². The largest absolute Gasteiger partial charge is 0.383 e. The van der Waals surface area contributed by atoms with Gasteiger partial charge >= 0.3 is 0 Å².